The van der Waals surface area contributed by atoms with E-state index in [0.29, 0.717) is 5.56 Å². The summed E-state index contributed by atoms with van der Waals surface area (Å²) in [7, 11) is 0. The molecule has 1 aliphatic heterocycles. The van der Waals surface area contributed by atoms with Crippen molar-refractivity contribution in [3.63, 3.8) is 0 Å². The number of aromatic nitrogens is 2. The van der Waals surface area contributed by atoms with Crippen molar-refractivity contribution in [2.45, 2.75) is 31.5 Å². The summed E-state index contributed by atoms with van der Waals surface area (Å²) < 4.78 is 6.76. The largest absolute Gasteiger partial charge is 0.394 e. The average Bonchev–Trinajstić information content (AvgIpc) is 2.61. The molecule has 0 amide bonds. The molecule has 0 aromatic carbocycles. The number of aromatic amines is 1. The Morgan fingerprint density at radius 2 is 2.17 bits per heavy atom. The second-order valence-electron chi connectivity index (χ2n) is 4.21. The van der Waals surface area contributed by atoms with E-state index in [1.54, 1.807) is 6.92 Å². The maximum Gasteiger partial charge on any atom is 0.254 e. The topological polar surface area (TPSA) is 108 Å². The number of hydrogen-bond donors (Lipinski definition) is 4. The molecule has 1 aliphatic rings. The molecule has 100 valence electrons. The molecule has 0 aliphatic carbocycles. The standard InChI is InChI=1S/C10H14N2O5S/c1-4-2-12(10(18)11-8(4)16)9-7(15)6(14)5(3-13)17-9/h2,5-7,9,13-15H,3H2,1H3,(H,11,16,18)/t5-,6?,7?,9-/m0/s1. The fraction of sp³-hybridized carbons (Fsp3) is 0.600. The van der Waals surface area contributed by atoms with E-state index in [1.165, 1.54) is 10.8 Å². The van der Waals surface area contributed by atoms with E-state index >= 15 is 0 Å². The van der Waals surface area contributed by atoms with Crippen LogP contribution in [0.15, 0.2) is 11.0 Å². The van der Waals surface area contributed by atoms with E-state index in [2.05, 4.69) is 4.98 Å². The van der Waals surface area contributed by atoms with Crippen LogP contribution in [0.1, 0.15) is 11.8 Å². The van der Waals surface area contributed by atoms with Crippen LogP contribution in [0.2, 0.25) is 0 Å². The van der Waals surface area contributed by atoms with Gasteiger partial charge < -0.3 is 20.1 Å². The number of aryl methyl sites for hydroxylation is 1. The number of hydrogen-bond acceptors (Lipinski definition) is 6. The Kier molecular flexibility index (Phi) is 3.64. The first kappa shape index (κ1) is 13.4. The second-order valence-corrected chi connectivity index (χ2v) is 4.59. The zero-order valence-electron chi connectivity index (χ0n) is 9.61. The van der Waals surface area contributed by atoms with Crippen LogP contribution in [-0.4, -0.2) is 49.8 Å². The van der Waals surface area contributed by atoms with Crippen LogP contribution in [0.25, 0.3) is 0 Å². The lowest BCUT2D eigenvalue weighted by Gasteiger charge is -2.18. The Balaban J connectivity index is 2.42. The van der Waals surface area contributed by atoms with Crippen molar-refractivity contribution in [1.82, 2.24) is 9.55 Å². The first-order chi connectivity index (χ1) is 8.45. The molecule has 2 heterocycles. The molecule has 1 aromatic rings. The monoisotopic (exact) mass is 274 g/mol. The number of aliphatic hydroxyl groups is 3. The molecular formula is C10H14N2O5S. The molecule has 2 unspecified atom stereocenters. The summed E-state index contributed by atoms with van der Waals surface area (Å²) in [6.45, 7) is 1.18. The molecule has 7 nitrogen and oxygen atoms in total. The predicted octanol–water partition coefficient (Wildman–Crippen LogP) is -1.17. The lowest BCUT2D eigenvalue weighted by atomic mass is 10.1. The smallest absolute Gasteiger partial charge is 0.254 e. The highest BCUT2D eigenvalue weighted by molar-refractivity contribution is 7.71. The third kappa shape index (κ3) is 2.13. The number of nitrogens with one attached hydrogen (secondary N) is 1. The summed E-state index contributed by atoms with van der Waals surface area (Å²) in [6, 6.07) is 0. The van der Waals surface area contributed by atoms with E-state index in [9.17, 15) is 15.0 Å². The molecule has 0 radical (unpaired) electrons. The lowest BCUT2D eigenvalue weighted by Crippen LogP contribution is -2.33. The van der Waals surface area contributed by atoms with E-state index in [1.807, 2.05) is 0 Å². The molecular weight excluding hydrogens is 260 g/mol. The molecule has 0 saturated carbocycles. The zero-order chi connectivity index (χ0) is 13.4. The van der Waals surface area contributed by atoms with Crippen LogP contribution in [0.3, 0.4) is 0 Å². The number of aliphatic hydroxyl groups excluding tert-OH is 3. The van der Waals surface area contributed by atoms with Gasteiger partial charge in [0.05, 0.1) is 6.61 Å². The summed E-state index contributed by atoms with van der Waals surface area (Å²) in [5, 5.41) is 28.5. The Labute approximate surface area is 107 Å². The zero-order valence-corrected chi connectivity index (χ0v) is 10.4. The van der Waals surface area contributed by atoms with Gasteiger partial charge in [0, 0.05) is 11.8 Å². The van der Waals surface area contributed by atoms with Crippen molar-refractivity contribution < 1.29 is 20.1 Å². The predicted molar refractivity (Wildman–Crippen MR) is 63.6 cm³/mol. The molecule has 2 rings (SSSR count). The van der Waals surface area contributed by atoms with Crippen molar-refractivity contribution >= 4 is 12.2 Å². The van der Waals surface area contributed by atoms with Crippen molar-refractivity contribution in [1.29, 1.82) is 0 Å². The molecule has 1 fully saturated rings. The summed E-state index contributed by atoms with van der Waals surface area (Å²) in [5.74, 6) is 0. The first-order valence-electron chi connectivity index (χ1n) is 5.40. The Hall–Kier alpha value is -1.06. The molecule has 8 heteroatoms. The van der Waals surface area contributed by atoms with Gasteiger partial charge in [0.1, 0.15) is 18.3 Å². The van der Waals surface area contributed by atoms with Crippen LogP contribution in [0.4, 0.5) is 0 Å². The van der Waals surface area contributed by atoms with Gasteiger partial charge >= 0.3 is 0 Å². The highest BCUT2D eigenvalue weighted by atomic mass is 32.1. The van der Waals surface area contributed by atoms with Gasteiger partial charge in [-0.2, -0.15) is 0 Å². The summed E-state index contributed by atoms with van der Waals surface area (Å²) in [5.41, 5.74) is 0.0873. The number of rotatable bonds is 2. The van der Waals surface area contributed by atoms with Gasteiger partial charge in [0.15, 0.2) is 11.0 Å². The minimum atomic E-state index is -1.22. The third-order valence-corrected chi connectivity index (χ3v) is 3.25. The fourth-order valence-electron chi connectivity index (χ4n) is 1.88. The molecule has 0 bridgehead atoms. The van der Waals surface area contributed by atoms with Gasteiger partial charge in [-0.15, -0.1) is 0 Å². The Morgan fingerprint density at radius 1 is 1.50 bits per heavy atom. The normalized spacial score (nSPS) is 31.8. The number of ether oxygens (including phenoxy) is 1. The van der Waals surface area contributed by atoms with Crippen LogP contribution in [-0.2, 0) is 4.74 Å². The molecule has 4 N–H and O–H groups in total. The van der Waals surface area contributed by atoms with Crippen LogP contribution in [0.5, 0.6) is 0 Å². The van der Waals surface area contributed by atoms with Gasteiger partial charge in [-0.25, -0.2) is 0 Å². The van der Waals surface area contributed by atoms with E-state index in [-0.39, 0.29) is 10.3 Å². The molecule has 4 atom stereocenters. The lowest BCUT2D eigenvalue weighted by molar-refractivity contribution is -0.0542. The van der Waals surface area contributed by atoms with Gasteiger partial charge in [0.2, 0.25) is 0 Å². The van der Waals surface area contributed by atoms with Crippen molar-refractivity contribution in [2.75, 3.05) is 6.61 Å². The fourth-order valence-corrected chi connectivity index (χ4v) is 2.13. The number of nitrogens with zero attached hydrogens (tertiary/aromatic N) is 1. The highest BCUT2D eigenvalue weighted by Gasteiger charge is 2.43. The van der Waals surface area contributed by atoms with Crippen LogP contribution >= 0.6 is 12.2 Å². The van der Waals surface area contributed by atoms with Gasteiger partial charge in [0.25, 0.3) is 5.56 Å². The molecule has 0 spiro atoms. The van der Waals surface area contributed by atoms with Gasteiger partial charge in [-0.3, -0.25) is 14.3 Å². The molecule has 1 aromatic heterocycles. The summed E-state index contributed by atoms with van der Waals surface area (Å²) in [6.07, 6.45) is -2.78. The van der Waals surface area contributed by atoms with E-state index in [0.717, 1.165) is 0 Å². The summed E-state index contributed by atoms with van der Waals surface area (Å²) in [4.78, 5) is 13.8. The van der Waals surface area contributed by atoms with Gasteiger partial charge in [-0.05, 0) is 19.1 Å². The minimum absolute atomic E-state index is 0.0837. The molecule has 18 heavy (non-hydrogen) atoms. The van der Waals surface area contributed by atoms with Crippen molar-refractivity contribution in [3.05, 3.63) is 26.9 Å². The maximum absolute atomic E-state index is 11.3. The molecule has 1 saturated heterocycles. The Morgan fingerprint density at radius 3 is 2.72 bits per heavy atom. The number of H-pyrrole nitrogens is 1. The Bertz CT molecular complexity index is 554. The summed E-state index contributed by atoms with van der Waals surface area (Å²) >= 11 is 4.97. The third-order valence-electron chi connectivity index (χ3n) is 2.94. The second kappa shape index (κ2) is 4.90. The minimum Gasteiger partial charge on any atom is -0.394 e. The highest BCUT2D eigenvalue weighted by Crippen LogP contribution is 2.29. The van der Waals surface area contributed by atoms with Crippen molar-refractivity contribution in [3.8, 4) is 0 Å². The first-order valence-corrected chi connectivity index (χ1v) is 5.81. The maximum atomic E-state index is 11.3. The van der Waals surface area contributed by atoms with Gasteiger partial charge in [-0.1, -0.05) is 0 Å². The average molecular weight is 274 g/mol. The van der Waals surface area contributed by atoms with Crippen LogP contribution in [0, 0.1) is 11.7 Å². The van der Waals surface area contributed by atoms with Crippen LogP contribution < -0.4 is 5.56 Å². The quantitative estimate of drug-likeness (QED) is 0.506. The van der Waals surface area contributed by atoms with E-state index in [4.69, 9.17) is 22.1 Å². The van der Waals surface area contributed by atoms with E-state index < -0.39 is 31.1 Å². The van der Waals surface area contributed by atoms with Crippen molar-refractivity contribution in [2.24, 2.45) is 0 Å². The SMILES string of the molecule is Cc1cn([C@H]2O[C@@H](CO)C(O)C2O)c(=S)[nH]c1=O.